The van der Waals surface area contributed by atoms with Crippen molar-refractivity contribution in [2.45, 2.75) is 284 Å². The monoisotopic (exact) mass is 779 g/mol. The molecule has 0 aliphatic heterocycles. The first-order valence-electron chi connectivity index (χ1n) is 25.1. The molecule has 0 saturated heterocycles. The van der Waals surface area contributed by atoms with Crippen LogP contribution in [0.3, 0.4) is 0 Å². The normalized spacial score (nSPS) is 11.4. The number of rotatable bonds is 48. The van der Waals surface area contributed by atoms with Gasteiger partial charge in [-0.25, -0.2) is 0 Å². The van der Waals surface area contributed by atoms with Crippen molar-refractivity contribution < 1.29 is 23.8 Å². The van der Waals surface area contributed by atoms with Gasteiger partial charge >= 0.3 is 11.9 Å². The predicted molar refractivity (Wildman–Crippen MR) is 238 cm³/mol. The molecule has 0 heterocycles. The Morgan fingerprint density at radius 1 is 0.255 bits per heavy atom. The van der Waals surface area contributed by atoms with Gasteiger partial charge in [0.1, 0.15) is 13.2 Å². The van der Waals surface area contributed by atoms with Gasteiger partial charge in [-0.05, 0) is 12.8 Å². The van der Waals surface area contributed by atoms with Gasteiger partial charge in [-0.1, -0.05) is 258 Å². The van der Waals surface area contributed by atoms with Crippen LogP contribution < -0.4 is 0 Å². The van der Waals surface area contributed by atoms with Crippen LogP contribution in [0.1, 0.15) is 284 Å². The van der Waals surface area contributed by atoms with Crippen molar-refractivity contribution in [3.05, 3.63) is 0 Å². The molecule has 0 bridgehead atoms. The number of esters is 2. The minimum atomic E-state index is -0.132. The molecule has 5 heteroatoms. The molecule has 0 unspecified atom stereocenters. The Morgan fingerprint density at radius 3 is 0.636 bits per heavy atom. The quantitative estimate of drug-likeness (QED) is 0.0455. The van der Waals surface area contributed by atoms with Crippen molar-refractivity contribution in [1.29, 1.82) is 0 Å². The molecule has 0 aliphatic rings. The molecule has 0 N–H and O–H groups in total. The molecular formula is C50H98O5. The standard InChI is InChI=1S/C50H98O5/c1-3-5-7-9-11-13-15-17-19-21-23-25-27-29-31-33-35-37-39-41-43-49(51)54-47-45-53-46-48-55-50(52)44-42-40-38-36-34-32-30-28-26-24-22-20-18-16-14-12-10-8-6-4-2/h3-48H2,1-2H3. The minimum absolute atomic E-state index is 0.132. The molecule has 0 aromatic heterocycles. The molecule has 0 fully saturated rings. The zero-order valence-electron chi connectivity index (χ0n) is 37.6. The van der Waals surface area contributed by atoms with Crippen LogP contribution in [0.15, 0.2) is 0 Å². The minimum Gasteiger partial charge on any atom is -0.463 e. The molecule has 0 atom stereocenters. The summed E-state index contributed by atoms with van der Waals surface area (Å²) in [6.45, 7) is 5.82. The number of hydrogen-bond acceptors (Lipinski definition) is 5. The van der Waals surface area contributed by atoms with E-state index in [0.29, 0.717) is 26.1 Å². The summed E-state index contributed by atoms with van der Waals surface area (Å²) in [5, 5.41) is 0. The summed E-state index contributed by atoms with van der Waals surface area (Å²) in [5.41, 5.74) is 0. The number of ether oxygens (including phenoxy) is 3. The second-order valence-electron chi connectivity index (χ2n) is 17.0. The van der Waals surface area contributed by atoms with E-state index in [1.807, 2.05) is 0 Å². The van der Waals surface area contributed by atoms with Gasteiger partial charge in [0.05, 0.1) is 13.2 Å². The van der Waals surface area contributed by atoms with E-state index >= 15 is 0 Å². The van der Waals surface area contributed by atoms with Crippen LogP contribution in [0.4, 0.5) is 0 Å². The van der Waals surface area contributed by atoms with Gasteiger partial charge < -0.3 is 14.2 Å². The maximum atomic E-state index is 12.0. The molecule has 0 amide bonds. The molecule has 55 heavy (non-hydrogen) atoms. The maximum Gasteiger partial charge on any atom is 0.305 e. The fraction of sp³-hybridized carbons (Fsp3) is 0.960. The molecule has 0 aromatic rings. The molecule has 0 saturated carbocycles. The summed E-state index contributed by atoms with van der Waals surface area (Å²) in [7, 11) is 0. The van der Waals surface area contributed by atoms with Gasteiger partial charge in [0, 0.05) is 12.8 Å². The van der Waals surface area contributed by atoms with Crippen LogP contribution in [-0.2, 0) is 23.8 Å². The fourth-order valence-corrected chi connectivity index (χ4v) is 7.72. The van der Waals surface area contributed by atoms with Crippen LogP contribution in [-0.4, -0.2) is 38.4 Å². The summed E-state index contributed by atoms with van der Waals surface area (Å²) in [4.78, 5) is 24.0. The van der Waals surface area contributed by atoms with Gasteiger partial charge in [-0.3, -0.25) is 9.59 Å². The topological polar surface area (TPSA) is 61.8 Å². The molecule has 0 aliphatic carbocycles. The Morgan fingerprint density at radius 2 is 0.436 bits per heavy atom. The summed E-state index contributed by atoms with van der Waals surface area (Å²) >= 11 is 0. The predicted octanol–water partition coefficient (Wildman–Crippen LogP) is 16.5. The van der Waals surface area contributed by atoms with Crippen LogP contribution in [0.25, 0.3) is 0 Å². The van der Waals surface area contributed by atoms with Crippen LogP contribution in [0.5, 0.6) is 0 Å². The van der Waals surface area contributed by atoms with E-state index in [2.05, 4.69) is 13.8 Å². The third kappa shape index (κ3) is 49.0. The van der Waals surface area contributed by atoms with Crippen molar-refractivity contribution in [3.8, 4) is 0 Å². The lowest BCUT2D eigenvalue weighted by atomic mass is 10.0. The van der Waals surface area contributed by atoms with Crippen LogP contribution >= 0.6 is 0 Å². The van der Waals surface area contributed by atoms with E-state index in [1.54, 1.807) is 0 Å². The van der Waals surface area contributed by atoms with Gasteiger partial charge in [0.2, 0.25) is 0 Å². The maximum absolute atomic E-state index is 12.0. The largest absolute Gasteiger partial charge is 0.463 e. The lowest BCUT2D eigenvalue weighted by molar-refractivity contribution is -0.146. The van der Waals surface area contributed by atoms with E-state index in [1.165, 1.54) is 231 Å². The average Bonchev–Trinajstić information content (AvgIpc) is 3.19. The molecule has 0 spiro atoms. The third-order valence-electron chi connectivity index (χ3n) is 11.5. The first kappa shape index (κ1) is 53.9. The first-order chi connectivity index (χ1) is 27.2. The smallest absolute Gasteiger partial charge is 0.305 e. The van der Waals surface area contributed by atoms with Gasteiger partial charge in [-0.2, -0.15) is 0 Å². The van der Waals surface area contributed by atoms with Crippen molar-refractivity contribution in [2.24, 2.45) is 0 Å². The van der Waals surface area contributed by atoms with E-state index in [9.17, 15) is 9.59 Å². The van der Waals surface area contributed by atoms with Crippen molar-refractivity contribution in [3.63, 3.8) is 0 Å². The van der Waals surface area contributed by atoms with Gasteiger partial charge in [-0.15, -0.1) is 0 Å². The number of carbonyl (C=O) groups excluding carboxylic acids is 2. The third-order valence-corrected chi connectivity index (χ3v) is 11.5. The summed E-state index contributed by atoms with van der Waals surface area (Å²) in [6, 6.07) is 0. The zero-order valence-corrected chi connectivity index (χ0v) is 37.6. The highest BCUT2D eigenvalue weighted by molar-refractivity contribution is 5.69. The van der Waals surface area contributed by atoms with E-state index in [0.717, 1.165) is 25.7 Å². The zero-order chi connectivity index (χ0) is 39.8. The summed E-state index contributed by atoms with van der Waals surface area (Å²) < 4.78 is 16.1. The van der Waals surface area contributed by atoms with E-state index in [4.69, 9.17) is 14.2 Å². The van der Waals surface area contributed by atoms with Crippen molar-refractivity contribution in [1.82, 2.24) is 0 Å². The average molecular weight is 779 g/mol. The summed E-state index contributed by atoms with van der Waals surface area (Å²) in [6.07, 6.45) is 55.3. The van der Waals surface area contributed by atoms with Crippen molar-refractivity contribution in [2.75, 3.05) is 26.4 Å². The SMILES string of the molecule is CCCCCCCCCCCCCCCCCCCCCCC(=O)OCCOCCOC(=O)CCCCCCCCCCCCCCCCCCCCCC. The van der Waals surface area contributed by atoms with Crippen LogP contribution in [0, 0.1) is 0 Å². The van der Waals surface area contributed by atoms with E-state index < -0.39 is 0 Å². The molecule has 5 nitrogen and oxygen atoms in total. The fourth-order valence-electron chi connectivity index (χ4n) is 7.72. The number of unbranched alkanes of at least 4 members (excludes halogenated alkanes) is 38. The van der Waals surface area contributed by atoms with Crippen molar-refractivity contribution >= 4 is 11.9 Å². The van der Waals surface area contributed by atoms with Gasteiger partial charge in [0.25, 0.3) is 0 Å². The Balaban J connectivity index is 3.23. The Bertz CT molecular complexity index is 680. The second kappa shape index (κ2) is 49.0. The molecule has 0 radical (unpaired) electrons. The highest BCUT2D eigenvalue weighted by Gasteiger charge is 2.05. The number of carbonyl (C=O) groups is 2. The molecule has 0 aromatic carbocycles. The highest BCUT2D eigenvalue weighted by Crippen LogP contribution is 2.17. The Kier molecular flexibility index (Phi) is 48.1. The van der Waals surface area contributed by atoms with E-state index in [-0.39, 0.29) is 25.2 Å². The molecular weight excluding hydrogens is 681 g/mol. The molecule has 0 rings (SSSR count). The lowest BCUT2D eigenvalue weighted by Crippen LogP contribution is -2.14. The second-order valence-corrected chi connectivity index (χ2v) is 17.0. The Labute approximate surface area is 344 Å². The first-order valence-corrected chi connectivity index (χ1v) is 25.1. The van der Waals surface area contributed by atoms with Gasteiger partial charge in [0.15, 0.2) is 0 Å². The highest BCUT2D eigenvalue weighted by atomic mass is 16.6. The lowest BCUT2D eigenvalue weighted by Gasteiger charge is -2.07. The molecule has 328 valence electrons. The number of hydrogen-bond donors (Lipinski definition) is 0. The summed E-state index contributed by atoms with van der Waals surface area (Å²) in [5.74, 6) is -0.264. The Hall–Kier alpha value is -1.10. The van der Waals surface area contributed by atoms with Crippen LogP contribution in [0.2, 0.25) is 0 Å².